The van der Waals surface area contributed by atoms with Crippen molar-refractivity contribution in [1.29, 1.82) is 0 Å². The number of nitrogens with zero attached hydrogens (tertiary/aromatic N) is 2. The maximum absolute atomic E-state index is 12.2. The third-order valence-electron chi connectivity index (χ3n) is 4.54. The molecule has 1 N–H and O–H groups in total. The van der Waals surface area contributed by atoms with E-state index in [2.05, 4.69) is 53.6 Å². The molecule has 0 saturated heterocycles. The minimum Gasteiger partial charge on any atom is -0.496 e. The number of hydrogen-bond acceptors (Lipinski definition) is 5. The molecule has 0 aliphatic rings. The van der Waals surface area contributed by atoms with Crippen molar-refractivity contribution in [3.05, 3.63) is 70.6 Å². The van der Waals surface area contributed by atoms with Crippen LogP contribution in [0.2, 0.25) is 0 Å². The lowest BCUT2D eigenvalue weighted by Crippen LogP contribution is -2.14. The van der Waals surface area contributed by atoms with Gasteiger partial charge < -0.3 is 9.15 Å². The highest BCUT2D eigenvalue weighted by molar-refractivity contribution is 5.90. The second-order valence-electron chi connectivity index (χ2n) is 7.10. The van der Waals surface area contributed by atoms with Crippen LogP contribution in [0, 0.1) is 6.92 Å². The predicted molar refractivity (Wildman–Crippen MR) is 108 cm³/mol. The molecule has 3 rings (SSSR count). The fourth-order valence-corrected chi connectivity index (χ4v) is 2.97. The smallest absolute Gasteiger partial charge is 0.322 e. The van der Waals surface area contributed by atoms with Crippen LogP contribution in [0.1, 0.15) is 47.9 Å². The number of aryl methyl sites for hydroxylation is 1. The van der Waals surface area contributed by atoms with E-state index in [1.54, 1.807) is 7.11 Å². The molecule has 0 radical (unpaired) electrons. The molecule has 3 aromatic rings. The molecule has 0 bridgehead atoms. The van der Waals surface area contributed by atoms with Crippen molar-refractivity contribution in [3.8, 4) is 5.75 Å². The maximum atomic E-state index is 12.2. The molecule has 0 aliphatic carbocycles. The molecular weight excluding hydrogens is 354 g/mol. The van der Waals surface area contributed by atoms with Crippen LogP contribution in [0.4, 0.5) is 6.01 Å². The topological polar surface area (TPSA) is 77.2 Å². The summed E-state index contributed by atoms with van der Waals surface area (Å²) in [6, 6.07) is 14.1. The molecule has 0 unspecified atom stereocenters. The second kappa shape index (κ2) is 8.69. The zero-order valence-electron chi connectivity index (χ0n) is 16.7. The normalized spacial score (nSPS) is 10.9. The molecule has 0 saturated carbocycles. The van der Waals surface area contributed by atoms with Gasteiger partial charge in [-0.05, 0) is 41.2 Å². The maximum Gasteiger partial charge on any atom is 0.322 e. The molecule has 28 heavy (non-hydrogen) atoms. The lowest BCUT2D eigenvalue weighted by molar-refractivity contribution is -0.115. The van der Waals surface area contributed by atoms with Gasteiger partial charge in [-0.3, -0.25) is 10.1 Å². The molecule has 0 fully saturated rings. The Hall–Kier alpha value is -3.15. The van der Waals surface area contributed by atoms with Gasteiger partial charge in [-0.25, -0.2) is 0 Å². The van der Waals surface area contributed by atoms with Crippen LogP contribution in [0.15, 0.2) is 46.9 Å². The summed E-state index contributed by atoms with van der Waals surface area (Å²) in [5.41, 5.74) is 4.24. The largest absolute Gasteiger partial charge is 0.496 e. The van der Waals surface area contributed by atoms with Crippen LogP contribution < -0.4 is 10.1 Å². The summed E-state index contributed by atoms with van der Waals surface area (Å²) in [5.74, 6) is 1.55. The van der Waals surface area contributed by atoms with Crippen molar-refractivity contribution in [1.82, 2.24) is 10.2 Å². The fourth-order valence-electron chi connectivity index (χ4n) is 2.97. The Kier molecular flexibility index (Phi) is 6.09. The number of amides is 1. The number of aromatic nitrogens is 2. The summed E-state index contributed by atoms with van der Waals surface area (Å²) in [7, 11) is 1.63. The molecule has 0 spiro atoms. The fraction of sp³-hybridized carbons (Fsp3) is 0.318. The third-order valence-corrected chi connectivity index (χ3v) is 4.54. The molecule has 1 aromatic heterocycles. The molecular formula is C22H25N3O3. The summed E-state index contributed by atoms with van der Waals surface area (Å²) in [4.78, 5) is 12.2. The van der Waals surface area contributed by atoms with Gasteiger partial charge in [0.1, 0.15) is 5.75 Å². The standard InChI is InChI=1S/C22H25N3O3/c1-14(2)18-8-5-16(6-9-18)13-21-24-25-22(28-21)23-20(26)12-17-7-10-19(27-4)15(3)11-17/h5-11,14H,12-13H2,1-4H3,(H,23,25,26). The van der Waals surface area contributed by atoms with Gasteiger partial charge in [0.25, 0.3) is 0 Å². The molecule has 0 atom stereocenters. The first-order chi connectivity index (χ1) is 13.4. The van der Waals surface area contributed by atoms with Gasteiger partial charge in [0.2, 0.25) is 11.8 Å². The van der Waals surface area contributed by atoms with Crippen molar-refractivity contribution >= 4 is 11.9 Å². The summed E-state index contributed by atoms with van der Waals surface area (Å²) in [6.45, 7) is 6.27. The first-order valence-corrected chi connectivity index (χ1v) is 9.29. The van der Waals surface area contributed by atoms with E-state index in [0.717, 1.165) is 22.4 Å². The average molecular weight is 379 g/mol. The summed E-state index contributed by atoms with van der Waals surface area (Å²) >= 11 is 0. The van der Waals surface area contributed by atoms with E-state index < -0.39 is 0 Å². The second-order valence-corrected chi connectivity index (χ2v) is 7.10. The highest BCUT2D eigenvalue weighted by Crippen LogP contribution is 2.20. The van der Waals surface area contributed by atoms with E-state index >= 15 is 0 Å². The highest BCUT2D eigenvalue weighted by Gasteiger charge is 2.12. The van der Waals surface area contributed by atoms with E-state index in [-0.39, 0.29) is 18.3 Å². The van der Waals surface area contributed by atoms with Crippen molar-refractivity contribution in [2.45, 2.75) is 39.5 Å². The number of carbonyl (C=O) groups excluding carboxylic acids is 1. The van der Waals surface area contributed by atoms with E-state index in [9.17, 15) is 4.79 Å². The number of methoxy groups -OCH3 is 1. The van der Waals surface area contributed by atoms with Crippen LogP contribution in [-0.4, -0.2) is 23.2 Å². The van der Waals surface area contributed by atoms with Crippen molar-refractivity contribution in [3.63, 3.8) is 0 Å². The molecule has 0 aliphatic heterocycles. The Labute approximate surface area is 164 Å². The van der Waals surface area contributed by atoms with Crippen molar-refractivity contribution < 1.29 is 13.9 Å². The molecule has 2 aromatic carbocycles. The Morgan fingerprint density at radius 2 is 1.82 bits per heavy atom. The lowest BCUT2D eigenvalue weighted by atomic mass is 10.0. The Morgan fingerprint density at radius 3 is 2.46 bits per heavy atom. The number of rotatable bonds is 7. The number of carbonyl (C=O) groups is 1. The summed E-state index contributed by atoms with van der Waals surface area (Å²) in [6.07, 6.45) is 0.748. The van der Waals surface area contributed by atoms with Gasteiger partial charge >= 0.3 is 6.01 Å². The first kappa shape index (κ1) is 19.6. The van der Waals surface area contributed by atoms with Gasteiger partial charge in [-0.2, -0.15) is 0 Å². The van der Waals surface area contributed by atoms with Crippen LogP contribution >= 0.6 is 0 Å². The number of nitrogens with one attached hydrogen (secondary N) is 1. The van der Waals surface area contributed by atoms with E-state index in [0.29, 0.717) is 18.2 Å². The van der Waals surface area contributed by atoms with Crippen LogP contribution in [0.5, 0.6) is 5.75 Å². The minimum atomic E-state index is -0.207. The highest BCUT2D eigenvalue weighted by atomic mass is 16.5. The van der Waals surface area contributed by atoms with Crippen LogP contribution in [0.25, 0.3) is 0 Å². The summed E-state index contributed by atoms with van der Waals surface area (Å²) in [5, 5.41) is 10.6. The van der Waals surface area contributed by atoms with Crippen molar-refractivity contribution in [2.24, 2.45) is 0 Å². The molecule has 6 nitrogen and oxygen atoms in total. The zero-order chi connectivity index (χ0) is 20.1. The molecule has 6 heteroatoms. The molecule has 1 heterocycles. The number of anilines is 1. The number of hydrogen-bond donors (Lipinski definition) is 1. The third kappa shape index (κ3) is 4.97. The van der Waals surface area contributed by atoms with Gasteiger partial charge in [0.05, 0.1) is 20.0 Å². The van der Waals surface area contributed by atoms with Gasteiger partial charge in [0, 0.05) is 0 Å². The van der Waals surface area contributed by atoms with E-state index in [1.165, 1.54) is 5.56 Å². The quantitative estimate of drug-likeness (QED) is 0.663. The SMILES string of the molecule is COc1ccc(CC(=O)Nc2nnc(Cc3ccc(C(C)C)cc3)o2)cc1C. The molecule has 1 amide bonds. The van der Waals surface area contributed by atoms with E-state index in [4.69, 9.17) is 9.15 Å². The van der Waals surface area contributed by atoms with Crippen molar-refractivity contribution in [2.75, 3.05) is 12.4 Å². The van der Waals surface area contributed by atoms with Crippen LogP contribution in [-0.2, 0) is 17.6 Å². The van der Waals surface area contributed by atoms with Gasteiger partial charge in [0.15, 0.2) is 0 Å². The Morgan fingerprint density at radius 1 is 1.11 bits per heavy atom. The monoisotopic (exact) mass is 379 g/mol. The minimum absolute atomic E-state index is 0.115. The Bertz CT molecular complexity index is 946. The predicted octanol–water partition coefficient (Wildman–Crippen LogP) is 4.28. The number of ether oxygens (including phenoxy) is 1. The average Bonchev–Trinajstić information content (AvgIpc) is 3.09. The van der Waals surface area contributed by atoms with E-state index in [1.807, 2.05) is 25.1 Å². The van der Waals surface area contributed by atoms with Gasteiger partial charge in [-0.15, -0.1) is 5.10 Å². The lowest BCUT2D eigenvalue weighted by Gasteiger charge is -2.07. The van der Waals surface area contributed by atoms with Crippen LogP contribution in [0.3, 0.4) is 0 Å². The zero-order valence-corrected chi connectivity index (χ0v) is 16.7. The molecule has 146 valence electrons. The van der Waals surface area contributed by atoms with Gasteiger partial charge in [-0.1, -0.05) is 55.3 Å². The number of benzene rings is 2. The Balaban J connectivity index is 1.57. The summed E-state index contributed by atoms with van der Waals surface area (Å²) < 4.78 is 10.8. The first-order valence-electron chi connectivity index (χ1n) is 9.29.